The quantitative estimate of drug-likeness (QED) is 0.0859. The van der Waals surface area contributed by atoms with E-state index in [9.17, 15) is 54.6 Å². The zero-order chi connectivity index (χ0) is 38.9. The van der Waals surface area contributed by atoms with Gasteiger partial charge in [-0.2, -0.15) is 4.31 Å². The van der Waals surface area contributed by atoms with Gasteiger partial charge in [-0.25, -0.2) is 39.6 Å². The minimum absolute atomic E-state index is 0.0206. The number of sulfonamides is 1. The smallest absolute Gasteiger partial charge is 0.339 e. The van der Waals surface area contributed by atoms with Crippen LogP contribution in [0.1, 0.15) is 79.6 Å². The molecule has 0 heterocycles. The highest BCUT2D eigenvalue weighted by Gasteiger charge is 2.39. The van der Waals surface area contributed by atoms with Crippen molar-refractivity contribution in [3.8, 4) is 5.75 Å². The molecule has 0 aromatic heterocycles. The number of hydrogen-bond acceptors (Lipinski definition) is 5. The van der Waals surface area contributed by atoms with Gasteiger partial charge in [0.05, 0.1) is 13.1 Å². The van der Waals surface area contributed by atoms with Gasteiger partial charge >= 0.3 is 5.97 Å². The van der Waals surface area contributed by atoms with E-state index in [1.54, 1.807) is 6.07 Å². The zero-order valence-electron chi connectivity index (χ0n) is 28.8. The molecule has 0 bridgehead atoms. The van der Waals surface area contributed by atoms with Gasteiger partial charge in [0.2, 0.25) is 21.7 Å². The minimum Gasteiger partial charge on any atom is -0.507 e. The summed E-state index contributed by atoms with van der Waals surface area (Å²) in [5.74, 6) is -17.0. The molecule has 0 aliphatic carbocycles. The normalized spacial score (nSPS) is 12.6. The second-order valence-electron chi connectivity index (χ2n) is 13.3. The number of aromatic hydroxyl groups is 1. The lowest BCUT2D eigenvalue weighted by Crippen LogP contribution is -2.43. The van der Waals surface area contributed by atoms with Crippen molar-refractivity contribution in [2.45, 2.75) is 70.4 Å². The molecule has 1 amide bonds. The fourth-order valence-corrected chi connectivity index (χ4v) is 6.82. The Morgan fingerprint density at radius 1 is 0.788 bits per heavy atom. The maximum atomic E-state index is 15.0. The molecule has 1 unspecified atom stereocenters. The van der Waals surface area contributed by atoms with Crippen molar-refractivity contribution in [1.29, 1.82) is 0 Å². The highest BCUT2D eigenvalue weighted by molar-refractivity contribution is 7.89. The van der Waals surface area contributed by atoms with Gasteiger partial charge in [0.15, 0.2) is 28.2 Å². The van der Waals surface area contributed by atoms with Gasteiger partial charge in [0.1, 0.15) is 17.1 Å². The standard InChI is InChI=1S/C37H36F6N2O6S/c1-6-20(2)23-13-22(14-24(15-23)37(3,4)5)18-45(26-11-12-27(36(48)49)28(46)16-26)29(47)19-44(17-21-7-9-25(38)10-8-21)52(50,51)35-33(42)31(40)30(39)32(41)34(35)43/h7-16,20,46H,6,17-19H2,1-5H3,(H,48,49). The second kappa shape index (κ2) is 15.4. The zero-order valence-corrected chi connectivity index (χ0v) is 29.6. The molecule has 4 aromatic carbocycles. The van der Waals surface area contributed by atoms with Gasteiger partial charge in [-0.15, -0.1) is 0 Å². The Bertz CT molecular complexity index is 2090. The maximum absolute atomic E-state index is 15.0. The Balaban J connectivity index is 1.90. The molecule has 4 aromatic rings. The number of carbonyl (C=O) groups is 2. The lowest BCUT2D eigenvalue weighted by molar-refractivity contribution is -0.119. The third-order valence-electron chi connectivity index (χ3n) is 8.58. The molecule has 0 fully saturated rings. The Morgan fingerprint density at radius 3 is 1.88 bits per heavy atom. The lowest BCUT2D eigenvalue weighted by atomic mass is 9.83. The fraction of sp³-hybridized carbons (Fsp3) is 0.297. The van der Waals surface area contributed by atoms with Gasteiger partial charge in [-0.1, -0.05) is 65.0 Å². The molecule has 0 saturated carbocycles. The van der Waals surface area contributed by atoms with Gasteiger partial charge in [0, 0.05) is 18.3 Å². The van der Waals surface area contributed by atoms with Crippen LogP contribution in [0.4, 0.5) is 32.0 Å². The summed E-state index contributed by atoms with van der Waals surface area (Å²) in [6, 6.07) is 12.8. The van der Waals surface area contributed by atoms with Crippen molar-refractivity contribution < 1.29 is 54.6 Å². The Kier molecular flexibility index (Phi) is 11.8. The van der Waals surface area contributed by atoms with E-state index in [1.165, 1.54) is 6.07 Å². The van der Waals surface area contributed by atoms with Crippen molar-refractivity contribution >= 4 is 27.6 Å². The molecule has 8 nitrogen and oxygen atoms in total. The number of aromatic carboxylic acids is 1. The van der Waals surface area contributed by atoms with Gasteiger partial charge in [-0.3, -0.25) is 4.79 Å². The summed E-state index contributed by atoms with van der Waals surface area (Å²) >= 11 is 0. The molecule has 278 valence electrons. The van der Waals surface area contributed by atoms with Crippen LogP contribution in [0.3, 0.4) is 0 Å². The maximum Gasteiger partial charge on any atom is 0.339 e. The van der Waals surface area contributed by atoms with E-state index in [0.717, 1.165) is 58.8 Å². The van der Waals surface area contributed by atoms with Gasteiger partial charge in [0.25, 0.3) is 0 Å². The van der Waals surface area contributed by atoms with E-state index in [0.29, 0.717) is 5.56 Å². The number of carbonyl (C=O) groups excluding carboxylic acids is 1. The highest BCUT2D eigenvalue weighted by Crippen LogP contribution is 2.33. The van der Waals surface area contributed by atoms with Crippen LogP contribution in [0.25, 0.3) is 0 Å². The summed E-state index contributed by atoms with van der Waals surface area (Å²) < 4.78 is 114. The van der Waals surface area contributed by atoms with Crippen LogP contribution in [0.15, 0.2) is 65.6 Å². The molecule has 0 saturated heterocycles. The van der Waals surface area contributed by atoms with Crippen LogP contribution in [-0.4, -0.2) is 41.4 Å². The first-order valence-electron chi connectivity index (χ1n) is 15.9. The molecule has 0 aliphatic rings. The summed E-state index contributed by atoms with van der Waals surface area (Å²) in [4.78, 5) is 24.7. The van der Waals surface area contributed by atoms with E-state index in [2.05, 4.69) is 0 Å². The summed E-state index contributed by atoms with van der Waals surface area (Å²) in [5.41, 5.74) is 1.29. The van der Waals surface area contributed by atoms with Crippen LogP contribution in [-0.2, 0) is 33.3 Å². The van der Waals surface area contributed by atoms with Crippen molar-refractivity contribution in [2.24, 2.45) is 0 Å². The predicted molar refractivity (Wildman–Crippen MR) is 180 cm³/mol. The monoisotopic (exact) mass is 750 g/mol. The first-order chi connectivity index (χ1) is 24.2. The SMILES string of the molecule is CCC(C)c1cc(CN(C(=O)CN(Cc2ccc(F)cc2)S(=O)(=O)c2c(F)c(F)c(F)c(F)c2F)c2ccc(C(=O)O)c(O)c2)cc(C(C)(C)C)c1. The minimum atomic E-state index is -5.72. The number of benzene rings is 4. The van der Waals surface area contributed by atoms with Crippen molar-refractivity contribution in [2.75, 3.05) is 11.4 Å². The molecule has 1 atom stereocenters. The van der Waals surface area contributed by atoms with Crippen LogP contribution in [0.2, 0.25) is 0 Å². The van der Waals surface area contributed by atoms with Gasteiger partial charge < -0.3 is 15.1 Å². The highest BCUT2D eigenvalue weighted by atomic mass is 32.2. The van der Waals surface area contributed by atoms with Crippen molar-refractivity contribution in [3.05, 3.63) is 123 Å². The summed E-state index contributed by atoms with van der Waals surface area (Å²) in [6.45, 7) is 7.43. The number of carboxylic acids is 1. The Hall–Kier alpha value is -4.89. The van der Waals surface area contributed by atoms with Crippen LogP contribution in [0, 0.1) is 34.9 Å². The topological polar surface area (TPSA) is 115 Å². The third kappa shape index (κ3) is 8.42. The molecule has 0 aliphatic heterocycles. The number of carboxylic acid groups (broad SMARTS) is 1. The average molecular weight is 751 g/mol. The number of rotatable bonds is 12. The molecule has 0 radical (unpaired) electrons. The molecular weight excluding hydrogens is 714 g/mol. The number of anilines is 1. The fourth-order valence-electron chi connectivity index (χ4n) is 5.33. The van der Waals surface area contributed by atoms with E-state index in [-0.39, 0.29) is 33.4 Å². The number of halogens is 6. The first kappa shape index (κ1) is 39.9. The number of amides is 1. The molecular formula is C37H36F6N2O6S. The van der Waals surface area contributed by atoms with Crippen molar-refractivity contribution in [1.82, 2.24) is 4.31 Å². The van der Waals surface area contributed by atoms with Crippen LogP contribution in [0.5, 0.6) is 5.75 Å². The largest absolute Gasteiger partial charge is 0.507 e. The molecule has 52 heavy (non-hydrogen) atoms. The number of nitrogens with zero attached hydrogens (tertiary/aromatic N) is 2. The molecule has 4 rings (SSSR count). The first-order valence-corrected chi connectivity index (χ1v) is 17.4. The van der Waals surface area contributed by atoms with Crippen LogP contribution < -0.4 is 4.90 Å². The molecule has 2 N–H and O–H groups in total. The van der Waals surface area contributed by atoms with Crippen molar-refractivity contribution in [3.63, 3.8) is 0 Å². The van der Waals surface area contributed by atoms with E-state index in [4.69, 9.17) is 0 Å². The summed E-state index contributed by atoms with van der Waals surface area (Å²) in [5, 5.41) is 20.0. The number of hydrogen-bond donors (Lipinski definition) is 2. The third-order valence-corrected chi connectivity index (χ3v) is 10.4. The predicted octanol–water partition coefficient (Wildman–Crippen LogP) is 8.16. The average Bonchev–Trinajstić information content (AvgIpc) is 3.08. The van der Waals surface area contributed by atoms with E-state index < -0.39 is 86.1 Å². The lowest BCUT2D eigenvalue weighted by Gasteiger charge is -2.29. The molecule has 0 spiro atoms. The number of phenols is 1. The van der Waals surface area contributed by atoms with E-state index in [1.807, 2.05) is 46.8 Å². The Morgan fingerprint density at radius 2 is 1.37 bits per heavy atom. The van der Waals surface area contributed by atoms with Gasteiger partial charge in [-0.05, 0) is 64.3 Å². The van der Waals surface area contributed by atoms with Crippen LogP contribution >= 0.6 is 0 Å². The second-order valence-corrected chi connectivity index (χ2v) is 15.2. The summed E-state index contributed by atoms with van der Waals surface area (Å²) in [7, 11) is -5.72. The van der Waals surface area contributed by atoms with E-state index >= 15 is 0 Å². The Labute approximate surface area is 297 Å². The summed E-state index contributed by atoms with van der Waals surface area (Å²) in [6.07, 6.45) is 0.758. The molecule has 15 heteroatoms.